The second kappa shape index (κ2) is 5.67. The van der Waals surface area contributed by atoms with E-state index >= 15 is 0 Å². The van der Waals surface area contributed by atoms with E-state index in [0.717, 1.165) is 17.0 Å². The lowest BCUT2D eigenvalue weighted by molar-refractivity contribution is -0.141. The van der Waals surface area contributed by atoms with E-state index in [1.54, 1.807) is 24.5 Å². The number of fused-ring (bicyclic) bond motifs is 2. The summed E-state index contributed by atoms with van der Waals surface area (Å²) in [7, 11) is 1.59. The highest BCUT2D eigenvalue weighted by Gasteiger charge is 2.37. The van der Waals surface area contributed by atoms with E-state index in [1.807, 2.05) is 28.8 Å². The summed E-state index contributed by atoms with van der Waals surface area (Å²) in [6.07, 6.45) is 3.37. The number of hydrogen-bond acceptors (Lipinski definition) is 4. The van der Waals surface area contributed by atoms with Gasteiger partial charge in [-0.05, 0) is 11.6 Å². The molecule has 0 saturated carbocycles. The van der Waals surface area contributed by atoms with E-state index in [9.17, 15) is 9.59 Å². The van der Waals surface area contributed by atoms with Crippen molar-refractivity contribution in [2.75, 3.05) is 13.6 Å². The van der Waals surface area contributed by atoms with Gasteiger partial charge in [0.1, 0.15) is 11.8 Å². The van der Waals surface area contributed by atoms with Crippen LogP contribution in [0.4, 0.5) is 0 Å². The van der Waals surface area contributed by atoms with Gasteiger partial charge in [0.2, 0.25) is 5.91 Å². The molecule has 0 fully saturated rings. The van der Waals surface area contributed by atoms with E-state index in [4.69, 9.17) is 4.74 Å². The first-order valence-corrected chi connectivity index (χ1v) is 7.93. The molecular weight excluding hydrogens is 308 g/mol. The Kier molecular flexibility index (Phi) is 3.48. The highest BCUT2D eigenvalue weighted by atomic mass is 16.5. The summed E-state index contributed by atoms with van der Waals surface area (Å²) in [5.41, 5.74) is 1.89. The fourth-order valence-electron chi connectivity index (χ4n) is 3.36. The van der Waals surface area contributed by atoms with E-state index in [2.05, 4.69) is 10.3 Å². The summed E-state index contributed by atoms with van der Waals surface area (Å²) in [6.45, 7) is 0.751. The molecular formula is C17H18N4O3. The van der Waals surface area contributed by atoms with Crippen LogP contribution < -0.4 is 10.1 Å². The van der Waals surface area contributed by atoms with E-state index in [0.29, 0.717) is 19.5 Å². The number of carbonyl (C=O) groups excluding carboxylic acids is 2. The molecule has 2 aromatic rings. The Morgan fingerprint density at radius 1 is 1.33 bits per heavy atom. The standard InChI is InChI=1S/C17H18N4O3/c1-18-16(22)13-9-20(8-12-7-19-10-21(12)13)17(23)15-6-11-4-2-3-5-14(11)24-15/h2-5,7,10,13,15H,6,8-9H2,1H3,(H,18,22)/t13-,15-/m1/s1. The van der Waals surface area contributed by atoms with Crippen molar-refractivity contribution in [3.8, 4) is 5.75 Å². The number of nitrogens with one attached hydrogen (secondary N) is 1. The maximum Gasteiger partial charge on any atom is 0.264 e. The zero-order valence-corrected chi connectivity index (χ0v) is 13.3. The molecule has 7 heteroatoms. The predicted molar refractivity (Wildman–Crippen MR) is 85.3 cm³/mol. The first-order valence-electron chi connectivity index (χ1n) is 7.93. The van der Waals surface area contributed by atoms with Gasteiger partial charge in [-0.2, -0.15) is 0 Å². The largest absolute Gasteiger partial charge is 0.480 e. The van der Waals surface area contributed by atoms with Crippen LogP contribution in [0.3, 0.4) is 0 Å². The van der Waals surface area contributed by atoms with Crippen LogP contribution >= 0.6 is 0 Å². The van der Waals surface area contributed by atoms with Crippen molar-refractivity contribution < 1.29 is 14.3 Å². The van der Waals surface area contributed by atoms with Gasteiger partial charge in [-0.1, -0.05) is 18.2 Å². The number of ether oxygens (including phenoxy) is 1. The van der Waals surface area contributed by atoms with Gasteiger partial charge >= 0.3 is 0 Å². The second-order valence-corrected chi connectivity index (χ2v) is 6.06. The molecule has 1 N–H and O–H groups in total. The number of imidazole rings is 1. The van der Waals surface area contributed by atoms with Crippen molar-refractivity contribution in [2.45, 2.75) is 25.1 Å². The molecule has 2 aliphatic heterocycles. The molecule has 0 radical (unpaired) electrons. The summed E-state index contributed by atoms with van der Waals surface area (Å²) < 4.78 is 7.63. The van der Waals surface area contributed by atoms with Crippen molar-refractivity contribution in [3.63, 3.8) is 0 Å². The molecule has 0 unspecified atom stereocenters. The molecule has 1 aromatic carbocycles. The van der Waals surface area contributed by atoms with Gasteiger partial charge in [-0.15, -0.1) is 0 Å². The molecule has 7 nitrogen and oxygen atoms in total. The Morgan fingerprint density at radius 3 is 2.96 bits per heavy atom. The third kappa shape index (κ3) is 2.33. The van der Waals surface area contributed by atoms with Crippen molar-refractivity contribution >= 4 is 11.8 Å². The lowest BCUT2D eigenvalue weighted by atomic mass is 10.1. The van der Waals surface area contributed by atoms with Gasteiger partial charge in [0.15, 0.2) is 6.10 Å². The third-order valence-corrected chi connectivity index (χ3v) is 4.61. The van der Waals surface area contributed by atoms with Crippen LogP contribution in [0.5, 0.6) is 5.75 Å². The number of amides is 2. The van der Waals surface area contributed by atoms with Crippen molar-refractivity contribution in [3.05, 3.63) is 48.0 Å². The summed E-state index contributed by atoms with van der Waals surface area (Å²) in [4.78, 5) is 30.9. The van der Waals surface area contributed by atoms with E-state index in [-0.39, 0.29) is 11.8 Å². The molecule has 124 valence electrons. The normalized spacial score (nSPS) is 21.6. The topological polar surface area (TPSA) is 76.5 Å². The van der Waals surface area contributed by atoms with Crippen LogP contribution in [0, 0.1) is 0 Å². The Morgan fingerprint density at radius 2 is 2.17 bits per heavy atom. The summed E-state index contributed by atoms with van der Waals surface area (Å²) in [5, 5.41) is 2.65. The minimum Gasteiger partial charge on any atom is -0.480 e. The quantitative estimate of drug-likeness (QED) is 0.873. The number of likely N-dealkylation sites (N-methyl/N-ethyl adjacent to an activating group) is 1. The fourth-order valence-corrected chi connectivity index (χ4v) is 3.36. The molecule has 1 aromatic heterocycles. The molecule has 24 heavy (non-hydrogen) atoms. The van der Waals surface area contributed by atoms with Gasteiger partial charge in [0, 0.05) is 19.7 Å². The highest BCUT2D eigenvalue weighted by molar-refractivity contribution is 5.85. The Balaban J connectivity index is 1.55. The molecule has 3 heterocycles. The SMILES string of the molecule is CNC(=O)[C@H]1CN(C(=O)[C@H]2Cc3ccccc3O2)Cc2cncn21. The van der Waals surface area contributed by atoms with Crippen LogP contribution in [-0.4, -0.2) is 46.0 Å². The maximum atomic E-state index is 12.9. The highest BCUT2D eigenvalue weighted by Crippen LogP contribution is 2.30. The number of benzene rings is 1. The minimum atomic E-state index is -0.526. The first kappa shape index (κ1) is 14.7. The zero-order chi connectivity index (χ0) is 16.7. The van der Waals surface area contributed by atoms with Gasteiger partial charge < -0.3 is 19.5 Å². The Hall–Kier alpha value is -2.83. The summed E-state index contributed by atoms with van der Waals surface area (Å²) in [5.74, 6) is 0.538. The number of rotatable bonds is 2. The van der Waals surface area contributed by atoms with Gasteiger partial charge in [-0.3, -0.25) is 9.59 Å². The molecule has 2 atom stereocenters. The second-order valence-electron chi connectivity index (χ2n) is 6.06. The average molecular weight is 326 g/mol. The van der Waals surface area contributed by atoms with Crippen LogP contribution in [0.1, 0.15) is 17.3 Å². The lowest BCUT2D eigenvalue weighted by Crippen LogP contribution is -2.49. The predicted octanol–water partition coefficient (Wildman–Crippen LogP) is 0.516. The number of aromatic nitrogens is 2. The van der Waals surface area contributed by atoms with Crippen molar-refractivity contribution in [1.82, 2.24) is 19.8 Å². The Bertz CT molecular complexity index is 776. The third-order valence-electron chi connectivity index (χ3n) is 4.61. The number of hydrogen-bond donors (Lipinski definition) is 1. The summed E-state index contributed by atoms with van der Waals surface area (Å²) >= 11 is 0. The van der Waals surface area contributed by atoms with Gasteiger partial charge in [0.25, 0.3) is 5.91 Å². The molecule has 0 aliphatic carbocycles. The van der Waals surface area contributed by atoms with Crippen LogP contribution in [0.2, 0.25) is 0 Å². The molecule has 2 aliphatic rings. The molecule has 4 rings (SSSR count). The van der Waals surface area contributed by atoms with Crippen LogP contribution in [0.15, 0.2) is 36.8 Å². The molecule has 2 amide bonds. The van der Waals surface area contributed by atoms with Crippen molar-refractivity contribution in [2.24, 2.45) is 0 Å². The summed E-state index contributed by atoms with van der Waals surface area (Å²) in [6, 6.07) is 7.22. The zero-order valence-electron chi connectivity index (χ0n) is 13.3. The smallest absolute Gasteiger partial charge is 0.264 e. The minimum absolute atomic E-state index is 0.0902. The Labute approximate surface area is 139 Å². The van der Waals surface area contributed by atoms with Crippen LogP contribution in [0.25, 0.3) is 0 Å². The number of para-hydroxylation sites is 1. The monoisotopic (exact) mass is 326 g/mol. The lowest BCUT2D eigenvalue weighted by Gasteiger charge is -2.34. The number of carbonyl (C=O) groups is 2. The maximum absolute atomic E-state index is 12.9. The fraction of sp³-hybridized carbons (Fsp3) is 0.353. The first-order chi connectivity index (χ1) is 11.7. The van der Waals surface area contributed by atoms with Crippen molar-refractivity contribution in [1.29, 1.82) is 0 Å². The van der Waals surface area contributed by atoms with E-state index in [1.165, 1.54) is 0 Å². The van der Waals surface area contributed by atoms with E-state index < -0.39 is 12.1 Å². The van der Waals surface area contributed by atoms with Gasteiger partial charge in [0.05, 0.1) is 25.1 Å². The molecule has 0 spiro atoms. The average Bonchev–Trinajstić information content (AvgIpc) is 3.25. The number of nitrogens with zero attached hydrogens (tertiary/aromatic N) is 3. The molecule has 0 bridgehead atoms. The van der Waals surface area contributed by atoms with Gasteiger partial charge in [-0.25, -0.2) is 4.98 Å². The molecule has 0 saturated heterocycles. The van der Waals surface area contributed by atoms with Crippen LogP contribution in [-0.2, 0) is 22.6 Å².